The van der Waals surface area contributed by atoms with E-state index < -0.39 is 12.0 Å². The van der Waals surface area contributed by atoms with Gasteiger partial charge in [-0.3, -0.25) is 4.79 Å². The van der Waals surface area contributed by atoms with E-state index in [0.29, 0.717) is 18.5 Å². The van der Waals surface area contributed by atoms with E-state index in [9.17, 15) is 14.7 Å². The number of nitrogens with zero attached hydrogens (tertiary/aromatic N) is 1. The summed E-state index contributed by atoms with van der Waals surface area (Å²) in [5.74, 6) is -1.11. The number of likely N-dealkylation sites (tertiary alicyclic amines) is 1. The number of benzene rings is 1. The third-order valence-corrected chi connectivity index (χ3v) is 3.97. The van der Waals surface area contributed by atoms with E-state index in [4.69, 9.17) is 0 Å². The van der Waals surface area contributed by atoms with Gasteiger partial charge in [-0.2, -0.15) is 0 Å². The van der Waals surface area contributed by atoms with Crippen molar-refractivity contribution in [2.75, 3.05) is 6.54 Å². The third kappa shape index (κ3) is 2.97. The van der Waals surface area contributed by atoms with Crippen molar-refractivity contribution in [2.24, 2.45) is 0 Å². The van der Waals surface area contributed by atoms with Crippen molar-refractivity contribution in [3.05, 3.63) is 33.8 Å². The summed E-state index contributed by atoms with van der Waals surface area (Å²) in [6, 6.07) is 4.79. The number of carbonyl (C=O) groups is 2. The van der Waals surface area contributed by atoms with Crippen molar-refractivity contribution >= 4 is 27.8 Å². The Kier molecular flexibility index (Phi) is 4.24. The maximum atomic E-state index is 12.5. The highest BCUT2D eigenvalue weighted by Gasteiger charge is 2.32. The molecule has 0 spiro atoms. The van der Waals surface area contributed by atoms with Gasteiger partial charge >= 0.3 is 5.97 Å². The molecule has 19 heavy (non-hydrogen) atoms. The summed E-state index contributed by atoms with van der Waals surface area (Å²) >= 11 is 3.35. The quantitative estimate of drug-likeness (QED) is 0.909. The van der Waals surface area contributed by atoms with Crippen LogP contribution >= 0.6 is 15.9 Å². The molecule has 1 aromatic rings. The van der Waals surface area contributed by atoms with Crippen molar-refractivity contribution in [3.8, 4) is 0 Å². The van der Waals surface area contributed by atoms with Crippen molar-refractivity contribution in [1.82, 2.24) is 4.90 Å². The fourth-order valence-corrected chi connectivity index (χ4v) is 2.77. The van der Waals surface area contributed by atoms with E-state index in [1.807, 2.05) is 19.1 Å². The molecule has 1 N–H and O–H groups in total. The fraction of sp³-hybridized carbons (Fsp3) is 0.429. The van der Waals surface area contributed by atoms with Gasteiger partial charge in [0.1, 0.15) is 6.04 Å². The van der Waals surface area contributed by atoms with Crippen LogP contribution in [-0.2, 0) is 4.79 Å². The first-order valence-electron chi connectivity index (χ1n) is 6.30. The van der Waals surface area contributed by atoms with Gasteiger partial charge in [0.15, 0.2) is 0 Å². The van der Waals surface area contributed by atoms with Crippen LogP contribution < -0.4 is 0 Å². The Bertz CT molecular complexity index is 515. The molecule has 0 bridgehead atoms. The predicted octanol–water partition coefficient (Wildman–Crippen LogP) is 2.84. The van der Waals surface area contributed by atoms with Crippen LogP contribution in [0.25, 0.3) is 0 Å². The van der Waals surface area contributed by atoms with Crippen LogP contribution in [0.4, 0.5) is 0 Å². The number of carboxylic acid groups (broad SMARTS) is 1. The number of piperidine rings is 1. The van der Waals surface area contributed by atoms with E-state index >= 15 is 0 Å². The van der Waals surface area contributed by atoms with Gasteiger partial charge in [-0.05, 0) is 43.9 Å². The zero-order valence-corrected chi connectivity index (χ0v) is 12.3. The molecule has 0 aromatic heterocycles. The molecule has 1 heterocycles. The van der Waals surface area contributed by atoms with Gasteiger partial charge in [-0.1, -0.05) is 22.0 Å². The molecule has 1 saturated heterocycles. The zero-order chi connectivity index (χ0) is 14.0. The Morgan fingerprint density at radius 1 is 1.37 bits per heavy atom. The molecule has 0 aliphatic carbocycles. The summed E-state index contributed by atoms with van der Waals surface area (Å²) < 4.78 is 0.824. The van der Waals surface area contributed by atoms with Crippen LogP contribution in [-0.4, -0.2) is 34.5 Å². The molecular weight excluding hydrogens is 310 g/mol. The molecule has 4 nitrogen and oxygen atoms in total. The number of hydrogen-bond donors (Lipinski definition) is 1. The monoisotopic (exact) mass is 325 g/mol. The van der Waals surface area contributed by atoms with Gasteiger partial charge in [0.25, 0.3) is 5.91 Å². The summed E-state index contributed by atoms with van der Waals surface area (Å²) in [6.07, 6.45) is 2.26. The molecule has 1 fully saturated rings. The number of aryl methyl sites for hydroxylation is 1. The van der Waals surface area contributed by atoms with Crippen molar-refractivity contribution in [1.29, 1.82) is 0 Å². The van der Waals surface area contributed by atoms with Crippen LogP contribution in [0.5, 0.6) is 0 Å². The number of rotatable bonds is 2. The number of hydrogen-bond acceptors (Lipinski definition) is 2. The molecule has 1 unspecified atom stereocenters. The SMILES string of the molecule is Cc1ccc(Br)cc1C(=O)N1CCCCC1C(=O)O. The van der Waals surface area contributed by atoms with E-state index in [-0.39, 0.29) is 5.91 Å². The first-order valence-corrected chi connectivity index (χ1v) is 7.10. The Labute approximate surface area is 120 Å². The Morgan fingerprint density at radius 2 is 2.11 bits per heavy atom. The fourth-order valence-electron chi connectivity index (χ4n) is 2.41. The van der Waals surface area contributed by atoms with Gasteiger partial charge in [0.05, 0.1) is 0 Å². The highest BCUT2D eigenvalue weighted by Crippen LogP contribution is 2.23. The van der Waals surface area contributed by atoms with E-state index in [1.165, 1.54) is 4.90 Å². The number of carboxylic acids is 1. The number of carbonyl (C=O) groups excluding carboxylic acids is 1. The molecule has 1 amide bonds. The molecular formula is C14H16BrNO3. The van der Waals surface area contributed by atoms with Crippen LogP contribution in [0.3, 0.4) is 0 Å². The lowest BCUT2D eigenvalue weighted by molar-refractivity contribution is -0.143. The summed E-state index contributed by atoms with van der Waals surface area (Å²) in [5, 5.41) is 9.23. The molecule has 1 aliphatic heterocycles. The highest BCUT2D eigenvalue weighted by atomic mass is 79.9. The Hall–Kier alpha value is -1.36. The van der Waals surface area contributed by atoms with Gasteiger partial charge in [0.2, 0.25) is 0 Å². The minimum absolute atomic E-state index is 0.189. The minimum Gasteiger partial charge on any atom is -0.480 e. The summed E-state index contributed by atoms with van der Waals surface area (Å²) in [6.45, 7) is 2.38. The molecule has 5 heteroatoms. The lowest BCUT2D eigenvalue weighted by atomic mass is 9.99. The lowest BCUT2D eigenvalue weighted by Gasteiger charge is -2.33. The molecule has 1 atom stereocenters. The number of halogens is 1. The van der Waals surface area contributed by atoms with Crippen molar-refractivity contribution in [3.63, 3.8) is 0 Å². The van der Waals surface area contributed by atoms with Crippen molar-refractivity contribution < 1.29 is 14.7 Å². The van der Waals surface area contributed by atoms with Crippen molar-refractivity contribution in [2.45, 2.75) is 32.2 Å². The van der Waals surface area contributed by atoms with Gasteiger partial charge in [-0.25, -0.2) is 4.79 Å². The molecule has 102 valence electrons. The smallest absolute Gasteiger partial charge is 0.326 e. The maximum Gasteiger partial charge on any atom is 0.326 e. The largest absolute Gasteiger partial charge is 0.480 e. The molecule has 1 aliphatic rings. The van der Waals surface area contributed by atoms with Crippen LogP contribution in [0, 0.1) is 6.92 Å². The standard InChI is InChI=1S/C14H16BrNO3/c1-9-5-6-10(15)8-11(9)13(17)16-7-3-2-4-12(16)14(18)19/h5-6,8,12H,2-4,7H2,1H3,(H,18,19). The molecule has 0 radical (unpaired) electrons. The summed E-state index contributed by atoms with van der Waals surface area (Å²) in [5.41, 5.74) is 1.44. The lowest BCUT2D eigenvalue weighted by Crippen LogP contribution is -2.48. The summed E-state index contributed by atoms with van der Waals surface area (Å²) in [7, 11) is 0. The van der Waals surface area contributed by atoms with Gasteiger partial charge < -0.3 is 10.0 Å². The predicted molar refractivity (Wildman–Crippen MR) is 75.2 cm³/mol. The number of amides is 1. The van der Waals surface area contributed by atoms with Gasteiger partial charge in [0, 0.05) is 16.6 Å². The first-order chi connectivity index (χ1) is 9.00. The first kappa shape index (κ1) is 14.1. The van der Waals surface area contributed by atoms with E-state index in [1.54, 1.807) is 6.07 Å². The Balaban J connectivity index is 2.31. The Morgan fingerprint density at radius 3 is 2.79 bits per heavy atom. The summed E-state index contributed by atoms with van der Waals surface area (Å²) in [4.78, 5) is 25.3. The van der Waals surface area contributed by atoms with Crippen LogP contribution in [0.1, 0.15) is 35.2 Å². The average Bonchev–Trinajstić information content (AvgIpc) is 2.40. The molecule has 1 aromatic carbocycles. The second kappa shape index (κ2) is 5.74. The normalized spacial score (nSPS) is 19.3. The molecule has 0 saturated carbocycles. The zero-order valence-electron chi connectivity index (χ0n) is 10.7. The van der Waals surface area contributed by atoms with Gasteiger partial charge in [-0.15, -0.1) is 0 Å². The molecule has 2 rings (SSSR count). The highest BCUT2D eigenvalue weighted by molar-refractivity contribution is 9.10. The van der Waals surface area contributed by atoms with E-state index in [0.717, 1.165) is 22.9 Å². The van der Waals surface area contributed by atoms with Crippen LogP contribution in [0.15, 0.2) is 22.7 Å². The second-order valence-electron chi connectivity index (χ2n) is 4.81. The van der Waals surface area contributed by atoms with Crippen LogP contribution in [0.2, 0.25) is 0 Å². The topological polar surface area (TPSA) is 57.6 Å². The maximum absolute atomic E-state index is 12.5. The third-order valence-electron chi connectivity index (χ3n) is 3.48. The number of aliphatic carboxylic acids is 1. The average molecular weight is 326 g/mol. The van der Waals surface area contributed by atoms with E-state index in [2.05, 4.69) is 15.9 Å². The minimum atomic E-state index is -0.916. The second-order valence-corrected chi connectivity index (χ2v) is 5.72.